The summed E-state index contributed by atoms with van der Waals surface area (Å²) in [6.45, 7) is 3.03. The van der Waals surface area contributed by atoms with Crippen LogP contribution in [0.1, 0.15) is 158 Å². The number of dihydropyridines is 1. The van der Waals surface area contributed by atoms with Crippen LogP contribution in [0.3, 0.4) is 0 Å². The first-order valence-electron chi connectivity index (χ1n) is 26.0. The Labute approximate surface area is 411 Å². The van der Waals surface area contributed by atoms with E-state index in [9.17, 15) is 19.8 Å². The number of hydrogen-bond donors (Lipinski definition) is 6. The van der Waals surface area contributed by atoms with Gasteiger partial charge in [-0.1, -0.05) is 58.9 Å². The molecule has 6 aliphatic heterocycles. The van der Waals surface area contributed by atoms with E-state index in [0.29, 0.717) is 86.7 Å². The fourth-order valence-corrected chi connectivity index (χ4v) is 17.8. The predicted molar refractivity (Wildman–Crippen MR) is 270 cm³/mol. The molecular formula is C54H74N6O6S2. The number of ether oxygens (including phenoxy) is 2. The van der Waals surface area contributed by atoms with Crippen molar-refractivity contribution in [1.29, 1.82) is 0 Å². The van der Waals surface area contributed by atoms with E-state index in [0.717, 1.165) is 112 Å². The van der Waals surface area contributed by atoms with Gasteiger partial charge >= 0.3 is 5.97 Å². The Kier molecular flexibility index (Phi) is 13.8. The topological polar surface area (TPSA) is 185 Å². The first kappa shape index (κ1) is 47.7. The van der Waals surface area contributed by atoms with Crippen LogP contribution in [-0.4, -0.2) is 81.0 Å². The number of carbonyl (C=O) groups is 2. The molecule has 0 radical (unpaired) electrons. The highest BCUT2D eigenvalue weighted by Gasteiger charge is 2.59. The molecule has 0 aromatic heterocycles. The van der Waals surface area contributed by atoms with E-state index in [1.165, 1.54) is 13.3 Å². The van der Waals surface area contributed by atoms with Crippen molar-refractivity contribution in [3.05, 3.63) is 58.5 Å². The number of guanidine groups is 1. The zero-order valence-corrected chi connectivity index (χ0v) is 41.8. The minimum Gasteiger partial charge on any atom is -0.504 e. The van der Waals surface area contributed by atoms with Crippen LogP contribution in [-0.2, 0) is 27.3 Å². The van der Waals surface area contributed by atoms with Gasteiger partial charge in [0.2, 0.25) is 5.91 Å². The number of nitrogens with two attached hydrogens (primary N) is 2. The summed E-state index contributed by atoms with van der Waals surface area (Å²) >= 11 is 0. The number of aromatic hydroxyl groups is 1. The Morgan fingerprint density at radius 2 is 1.94 bits per heavy atom. The summed E-state index contributed by atoms with van der Waals surface area (Å²) in [5.74, 6) is 10.5. The number of hydrogen-bond acceptors (Lipinski definition) is 13. The third-order valence-corrected chi connectivity index (χ3v) is 20.9. The number of amides is 1. The number of esters is 1. The molecule has 6 heterocycles. The number of aliphatic hydroxyl groups is 1. The maximum absolute atomic E-state index is 14.8. The van der Waals surface area contributed by atoms with E-state index in [1.807, 2.05) is 32.6 Å². The Morgan fingerprint density at radius 3 is 2.81 bits per heavy atom. The predicted octanol–water partition coefficient (Wildman–Crippen LogP) is 8.36. The van der Waals surface area contributed by atoms with Gasteiger partial charge in [0.25, 0.3) is 0 Å². The second-order valence-corrected chi connectivity index (χ2v) is 24.8. The lowest BCUT2D eigenvalue weighted by molar-refractivity contribution is -0.148. The lowest BCUT2D eigenvalue weighted by Crippen LogP contribution is -2.56. The molecule has 10 aliphatic rings. The van der Waals surface area contributed by atoms with E-state index < -0.39 is 23.2 Å². The highest BCUT2D eigenvalue weighted by molar-refractivity contribution is 8.77. The number of fused-ring (bicyclic) bond motifs is 9. The Hall–Kier alpha value is -3.93. The van der Waals surface area contributed by atoms with Crippen molar-refractivity contribution in [2.45, 2.75) is 177 Å². The molecule has 10 bridgehead atoms. The van der Waals surface area contributed by atoms with Crippen LogP contribution in [0.15, 0.2) is 46.8 Å². The van der Waals surface area contributed by atoms with Crippen LogP contribution in [0.2, 0.25) is 0 Å². The van der Waals surface area contributed by atoms with Crippen LogP contribution in [0.5, 0.6) is 11.5 Å². The number of phenolic OH excluding ortho intramolecular Hbond substituents is 1. The van der Waals surface area contributed by atoms with Crippen molar-refractivity contribution in [3.8, 4) is 23.3 Å². The smallest absolute Gasteiger partial charge is 0.302 e. The molecule has 1 amide bonds. The normalized spacial score (nSPS) is 37.4. The Balaban J connectivity index is 1.04. The SMILES string of the molecule is CC(=O)OC1CCc2cc(c(O)c3c2C2C=CC4(CCCC4C2)O3)CN2CC(CC3=CCNC(N)=C3)(CC2=O)C2C#CCC3CCC4(CCCC4(NC(N)=NC2)SSCCCCCCC(O)C1)C3. The van der Waals surface area contributed by atoms with Gasteiger partial charge in [-0.05, 0) is 132 Å². The average Bonchev–Trinajstić information content (AvgIpc) is 4.03. The number of benzene rings is 1. The summed E-state index contributed by atoms with van der Waals surface area (Å²) in [6.07, 6.45) is 26.4. The highest BCUT2D eigenvalue weighted by Crippen LogP contribution is 2.65. The zero-order valence-electron chi connectivity index (χ0n) is 40.1. The first-order chi connectivity index (χ1) is 32.9. The number of carbonyl (C=O) groups excluding carboxylic acids is 2. The number of nitrogens with one attached hydrogen (secondary N) is 2. The maximum atomic E-state index is 14.8. The van der Waals surface area contributed by atoms with Crippen molar-refractivity contribution < 1.29 is 29.3 Å². The number of rotatable bonds is 3. The third kappa shape index (κ3) is 9.50. The monoisotopic (exact) mass is 967 g/mol. The lowest BCUT2D eigenvalue weighted by atomic mass is 9.70. The van der Waals surface area contributed by atoms with E-state index in [4.69, 9.17) is 25.9 Å². The van der Waals surface area contributed by atoms with Crippen molar-refractivity contribution in [2.75, 3.05) is 25.4 Å². The summed E-state index contributed by atoms with van der Waals surface area (Å²) in [4.78, 5) is 34.2. The summed E-state index contributed by atoms with van der Waals surface area (Å²) in [5.41, 5.74) is 16.2. The van der Waals surface area contributed by atoms with Crippen LogP contribution >= 0.6 is 21.6 Å². The molecule has 368 valence electrons. The average molecular weight is 967 g/mol. The molecule has 4 aliphatic carbocycles. The molecule has 1 aromatic rings. The van der Waals surface area contributed by atoms with Crippen molar-refractivity contribution in [1.82, 2.24) is 15.5 Å². The van der Waals surface area contributed by atoms with E-state index in [1.54, 1.807) is 0 Å². The number of aryl methyl sites for hydroxylation is 1. The first-order valence-corrected chi connectivity index (χ1v) is 28.3. The van der Waals surface area contributed by atoms with Gasteiger partial charge in [-0.3, -0.25) is 14.6 Å². The van der Waals surface area contributed by atoms with Crippen molar-refractivity contribution in [2.24, 2.45) is 45.0 Å². The fraction of sp³-hybridized carbons (Fsp3) is 0.685. The van der Waals surface area contributed by atoms with E-state index in [2.05, 4.69) is 46.8 Å². The molecule has 11 rings (SSSR count). The fourth-order valence-electron chi connectivity index (χ4n) is 14.2. The molecule has 10 unspecified atom stereocenters. The minimum absolute atomic E-state index is 0.00709. The van der Waals surface area contributed by atoms with Gasteiger partial charge in [-0.25, -0.2) is 0 Å². The Bertz CT molecular complexity index is 2310. The van der Waals surface area contributed by atoms with Gasteiger partial charge in [0, 0.05) is 91.3 Å². The summed E-state index contributed by atoms with van der Waals surface area (Å²) < 4.78 is 13.0. The largest absolute Gasteiger partial charge is 0.504 e. The second kappa shape index (κ2) is 19.7. The molecule has 10 atom stereocenters. The number of aliphatic imine (C=N–C) groups is 1. The quantitative estimate of drug-likeness (QED) is 0.0738. The van der Waals surface area contributed by atoms with Gasteiger partial charge in [0.15, 0.2) is 17.5 Å². The van der Waals surface area contributed by atoms with Crippen molar-refractivity contribution in [3.63, 3.8) is 0 Å². The van der Waals surface area contributed by atoms with E-state index >= 15 is 0 Å². The number of phenols is 1. The summed E-state index contributed by atoms with van der Waals surface area (Å²) in [6, 6.07) is 2.08. The molecule has 1 aromatic carbocycles. The highest BCUT2D eigenvalue weighted by atomic mass is 33.1. The molecule has 3 spiro atoms. The van der Waals surface area contributed by atoms with E-state index in [-0.39, 0.29) is 52.7 Å². The molecule has 14 heteroatoms. The Morgan fingerprint density at radius 1 is 1.06 bits per heavy atom. The maximum Gasteiger partial charge on any atom is 0.302 e. The van der Waals surface area contributed by atoms with Crippen LogP contribution in [0, 0.1) is 40.4 Å². The van der Waals surface area contributed by atoms with Crippen molar-refractivity contribution >= 4 is 39.4 Å². The minimum atomic E-state index is -0.615. The summed E-state index contributed by atoms with van der Waals surface area (Å²) in [5, 5.41) is 31.0. The molecule has 12 nitrogen and oxygen atoms in total. The van der Waals surface area contributed by atoms with Gasteiger partial charge < -0.3 is 46.7 Å². The third-order valence-electron chi connectivity index (χ3n) is 17.6. The number of aliphatic hydroxyl groups excluding tert-OH is 1. The van der Waals surface area contributed by atoms with Gasteiger partial charge in [0.05, 0.1) is 18.5 Å². The van der Waals surface area contributed by atoms with Gasteiger partial charge in [0.1, 0.15) is 16.6 Å². The molecule has 1 saturated heterocycles. The molecule has 4 fully saturated rings. The standard InChI is InChI=1S/C54H74N6O6S2/c1-35(61)65-44-14-13-38-26-40(48(64)49-47(38)39-16-22-53(66-49)19-7-11-41(53)27-39)33-60-34-51(31-46(60)63,29-37-17-23-57-45(55)25-37)42-10-6-9-36-15-21-52(30-36)18-8-20-54(52,59-50(56)58-32-42)68-67-24-5-3-2-4-12-43(62)28-44/h16-17,22,25-26,36,39,41-44,57,62,64H,2-5,7-9,11-15,18-21,23-24,27-34,55H2,1H3,(H3,56,58,59). The number of nitrogens with zero attached hydrogens (tertiary/aromatic N) is 2. The van der Waals surface area contributed by atoms with Gasteiger partial charge in [-0.2, -0.15) is 0 Å². The van der Waals surface area contributed by atoms with Crippen LogP contribution in [0.4, 0.5) is 0 Å². The molecule has 8 N–H and O–H groups in total. The second-order valence-electron chi connectivity index (χ2n) is 22.1. The van der Waals surface area contributed by atoms with Crippen LogP contribution < -0.4 is 26.8 Å². The molecule has 68 heavy (non-hydrogen) atoms. The summed E-state index contributed by atoms with van der Waals surface area (Å²) in [7, 11) is 3.95. The zero-order chi connectivity index (χ0) is 47.1. The van der Waals surface area contributed by atoms with Crippen LogP contribution in [0.25, 0.3) is 0 Å². The lowest BCUT2D eigenvalue weighted by Gasteiger charge is -2.44. The van der Waals surface area contributed by atoms with Gasteiger partial charge in [-0.15, -0.1) is 5.92 Å². The number of allylic oxidation sites excluding steroid dienone is 3. The molecule has 3 saturated carbocycles. The molecular weight excluding hydrogens is 893 g/mol.